The van der Waals surface area contributed by atoms with Crippen LogP contribution in [0.2, 0.25) is 0 Å². The zero-order chi connectivity index (χ0) is 20.7. The smallest absolute Gasteiger partial charge is 0.345 e. The van der Waals surface area contributed by atoms with E-state index < -0.39 is 50.0 Å². The van der Waals surface area contributed by atoms with Gasteiger partial charge in [0.25, 0.3) is 0 Å². The van der Waals surface area contributed by atoms with E-state index in [1.54, 1.807) is 45.2 Å². The maximum Gasteiger partial charge on any atom is 0.345 e. The SMILES string of the molecule is C=Cc1cc(I)c(C(=O)Oc2c(F)c(F)c(S(=O)(=O)O)c(F)c2F)c(I)c1. The minimum absolute atomic E-state index is 0.139. The molecule has 0 amide bonds. The Labute approximate surface area is 177 Å². The van der Waals surface area contributed by atoms with Crippen LogP contribution in [-0.2, 0) is 10.1 Å². The standard InChI is InChI=1S/C15H6F4I2O5S/c1-2-5-3-6(20)8(7(21)4-5)15(22)26-13-9(16)11(18)14(27(23,24)25)12(19)10(13)17/h2-4H,1H2,(H,23,24,25). The summed E-state index contributed by atoms with van der Waals surface area (Å²) in [6, 6.07) is 3.00. The second-order valence-electron chi connectivity index (χ2n) is 4.84. The topological polar surface area (TPSA) is 80.7 Å². The van der Waals surface area contributed by atoms with Crippen molar-refractivity contribution >= 4 is 67.3 Å². The largest absolute Gasteiger partial charge is 0.416 e. The van der Waals surface area contributed by atoms with Gasteiger partial charge in [0.15, 0.2) is 16.5 Å². The van der Waals surface area contributed by atoms with Crippen LogP contribution in [0.15, 0.2) is 23.6 Å². The maximum atomic E-state index is 14.0. The second-order valence-corrected chi connectivity index (χ2v) is 8.53. The molecule has 0 aromatic heterocycles. The molecule has 0 unspecified atom stereocenters. The van der Waals surface area contributed by atoms with Crippen LogP contribution in [0.25, 0.3) is 6.08 Å². The lowest BCUT2D eigenvalue weighted by Gasteiger charge is -2.12. The van der Waals surface area contributed by atoms with Gasteiger partial charge in [0, 0.05) is 7.14 Å². The second kappa shape index (κ2) is 8.00. The van der Waals surface area contributed by atoms with Gasteiger partial charge < -0.3 is 4.74 Å². The van der Waals surface area contributed by atoms with E-state index >= 15 is 0 Å². The van der Waals surface area contributed by atoms with E-state index in [0.29, 0.717) is 12.7 Å². The van der Waals surface area contributed by atoms with Gasteiger partial charge >= 0.3 is 16.1 Å². The monoisotopic (exact) mass is 628 g/mol. The first-order valence-electron chi connectivity index (χ1n) is 6.57. The summed E-state index contributed by atoms with van der Waals surface area (Å²) in [5.41, 5.74) is 0.493. The molecule has 2 rings (SSSR count). The lowest BCUT2D eigenvalue weighted by Crippen LogP contribution is -2.17. The van der Waals surface area contributed by atoms with Crippen LogP contribution in [0, 0.1) is 30.4 Å². The molecule has 0 saturated carbocycles. The number of ether oxygens (including phenoxy) is 1. The third-order valence-electron chi connectivity index (χ3n) is 3.14. The lowest BCUT2D eigenvalue weighted by molar-refractivity contribution is 0.0714. The average molecular weight is 628 g/mol. The van der Waals surface area contributed by atoms with E-state index in [1.807, 2.05) is 0 Å². The number of benzene rings is 2. The molecule has 0 spiro atoms. The summed E-state index contributed by atoms with van der Waals surface area (Å²) in [6.07, 6.45) is 1.48. The van der Waals surface area contributed by atoms with E-state index in [9.17, 15) is 30.8 Å². The van der Waals surface area contributed by atoms with Crippen LogP contribution in [-0.4, -0.2) is 18.9 Å². The molecule has 0 atom stereocenters. The summed E-state index contributed by atoms with van der Waals surface area (Å²) < 4.78 is 91.1. The van der Waals surface area contributed by atoms with Gasteiger partial charge in [-0.05, 0) is 62.9 Å². The summed E-state index contributed by atoms with van der Waals surface area (Å²) in [7, 11) is -5.61. The normalized spacial score (nSPS) is 11.4. The Morgan fingerprint density at radius 2 is 1.48 bits per heavy atom. The number of rotatable bonds is 4. The van der Waals surface area contributed by atoms with Crippen molar-refractivity contribution in [3.63, 3.8) is 0 Å². The fourth-order valence-corrected chi connectivity index (χ4v) is 4.85. The molecule has 0 aliphatic heterocycles. The Bertz CT molecular complexity index is 1030. The first kappa shape index (κ1) is 22.0. The van der Waals surface area contributed by atoms with E-state index in [0.717, 1.165) is 0 Å². The summed E-state index contributed by atoms with van der Waals surface area (Å²) >= 11 is 3.48. The average Bonchev–Trinajstić information content (AvgIpc) is 2.55. The van der Waals surface area contributed by atoms with E-state index in [4.69, 9.17) is 4.55 Å². The van der Waals surface area contributed by atoms with Crippen molar-refractivity contribution in [1.29, 1.82) is 0 Å². The van der Waals surface area contributed by atoms with Gasteiger partial charge in [0.1, 0.15) is 0 Å². The van der Waals surface area contributed by atoms with Gasteiger partial charge in [-0.3, -0.25) is 4.55 Å². The minimum atomic E-state index is -5.61. The zero-order valence-corrected chi connectivity index (χ0v) is 17.8. The minimum Gasteiger partial charge on any atom is -0.416 e. The number of halogens is 6. The molecule has 2 aromatic carbocycles. The predicted molar refractivity (Wildman–Crippen MR) is 103 cm³/mol. The molecule has 5 nitrogen and oxygen atoms in total. The highest BCUT2D eigenvalue weighted by atomic mass is 127. The highest BCUT2D eigenvalue weighted by molar-refractivity contribution is 14.1. The molecule has 27 heavy (non-hydrogen) atoms. The Morgan fingerprint density at radius 1 is 1.04 bits per heavy atom. The van der Waals surface area contributed by atoms with Crippen LogP contribution < -0.4 is 4.74 Å². The van der Waals surface area contributed by atoms with Crippen molar-refractivity contribution in [2.75, 3.05) is 0 Å². The molecule has 0 bridgehead atoms. The molecule has 0 aliphatic carbocycles. The molecular weight excluding hydrogens is 622 g/mol. The summed E-state index contributed by atoms with van der Waals surface area (Å²) in [6.45, 7) is 3.55. The fraction of sp³-hybridized carbons (Fsp3) is 0. The molecule has 0 heterocycles. The third-order valence-corrected chi connectivity index (χ3v) is 5.72. The van der Waals surface area contributed by atoms with Crippen molar-refractivity contribution in [2.24, 2.45) is 0 Å². The third kappa shape index (κ3) is 4.27. The van der Waals surface area contributed by atoms with E-state index in [2.05, 4.69) is 11.3 Å². The van der Waals surface area contributed by atoms with Crippen LogP contribution in [0.3, 0.4) is 0 Å². The van der Waals surface area contributed by atoms with Crippen molar-refractivity contribution in [3.05, 3.63) is 60.2 Å². The predicted octanol–water partition coefficient (Wildman–Crippen LogP) is 4.56. The van der Waals surface area contributed by atoms with Gasteiger partial charge in [0.2, 0.25) is 17.4 Å². The number of carbonyl (C=O) groups excluding carboxylic acids is 1. The Kier molecular flexibility index (Phi) is 6.53. The maximum absolute atomic E-state index is 14.0. The zero-order valence-electron chi connectivity index (χ0n) is 12.7. The first-order valence-corrected chi connectivity index (χ1v) is 10.2. The van der Waals surface area contributed by atoms with Gasteiger partial charge in [0.05, 0.1) is 5.56 Å². The van der Waals surface area contributed by atoms with E-state index in [-0.39, 0.29) is 5.56 Å². The van der Waals surface area contributed by atoms with Crippen molar-refractivity contribution in [3.8, 4) is 5.75 Å². The summed E-state index contributed by atoms with van der Waals surface area (Å²) in [5, 5.41) is 0. The molecule has 144 valence electrons. The molecule has 0 aliphatic rings. The van der Waals surface area contributed by atoms with Gasteiger partial charge in [-0.15, -0.1) is 0 Å². The van der Waals surface area contributed by atoms with Gasteiger partial charge in [-0.1, -0.05) is 12.7 Å². The number of esters is 1. The number of hydrogen-bond donors (Lipinski definition) is 1. The van der Waals surface area contributed by atoms with Crippen LogP contribution in [0.5, 0.6) is 5.75 Å². The highest BCUT2D eigenvalue weighted by Crippen LogP contribution is 2.33. The van der Waals surface area contributed by atoms with Crippen molar-refractivity contribution in [2.45, 2.75) is 4.90 Å². The Morgan fingerprint density at radius 3 is 1.85 bits per heavy atom. The lowest BCUT2D eigenvalue weighted by atomic mass is 10.1. The van der Waals surface area contributed by atoms with Crippen LogP contribution in [0.1, 0.15) is 15.9 Å². The summed E-state index contributed by atoms with van der Waals surface area (Å²) in [5.74, 6) is -12.5. The van der Waals surface area contributed by atoms with Gasteiger partial charge in [-0.25, -0.2) is 13.6 Å². The van der Waals surface area contributed by atoms with Crippen LogP contribution in [0.4, 0.5) is 17.6 Å². The Hall–Kier alpha value is -1.26. The van der Waals surface area contributed by atoms with Crippen molar-refractivity contribution < 1.29 is 40.1 Å². The molecule has 0 saturated heterocycles. The molecular formula is C15H6F4I2O5S. The molecule has 2 aromatic rings. The van der Waals surface area contributed by atoms with Crippen LogP contribution >= 0.6 is 45.2 Å². The molecule has 0 fully saturated rings. The molecule has 12 heteroatoms. The van der Waals surface area contributed by atoms with E-state index in [1.165, 1.54) is 18.2 Å². The molecule has 1 N–H and O–H groups in total. The molecule has 0 radical (unpaired) electrons. The number of carbonyl (C=O) groups is 1. The number of hydrogen-bond acceptors (Lipinski definition) is 4. The first-order chi connectivity index (χ1) is 12.4. The van der Waals surface area contributed by atoms with Crippen molar-refractivity contribution in [1.82, 2.24) is 0 Å². The highest BCUT2D eigenvalue weighted by Gasteiger charge is 2.34. The fourth-order valence-electron chi connectivity index (χ4n) is 1.96. The quantitative estimate of drug-likeness (QED) is 0.134. The van der Waals surface area contributed by atoms with Gasteiger partial charge in [-0.2, -0.15) is 17.2 Å². The summed E-state index contributed by atoms with van der Waals surface area (Å²) in [4.78, 5) is 10.0. The Balaban J connectivity index is 2.60.